The van der Waals surface area contributed by atoms with Gasteiger partial charge in [-0.25, -0.2) is 4.79 Å². The third kappa shape index (κ3) is 6.01. The van der Waals surface area contributed by atoms with Crippen molar-refractivity contribution in [1.29, 1.82) is 0 Å². The third-order valence-corrected chi connectivity index (χ3v) is 3.05. The number of hydrogen-bond acceptors (Lipinski definition) is 4. The van der Waals surface area contributed by atoms with Crippen LogP contribution in [0.2, 0.25) is 0 Å². The molecule has 0 saturated carbocycles. The Morgan fingerprint density at radius 3 is 2.20 bits per heavy atom. The Balaban J connectivity index is 2.30. The van der Waals surface area contributed by atoms with Gasteiger partial charge >= 0.3 is 12.0 Å². The van der Waals surface area contributed by atoms with Crippen molar-refractivity contribution in [2.45, 2.75) is 39.2 Å². The number of carbonyl (C=O) groups is 3. The molecule has 0 aromatic heterocycles. The lowest BCUT2D eigenvalue weighted by atomic mass is 9.97. The van der Waals surface area contributed by atoms with Gasteiger partial charge in [-0.15, -0.1) is 0 Å². The number of nitrogens with zero attached hydrogens (tertiary/aromatic N) is 1. The van der Waals surface area contributed by atoms with Gasteiger partial charge in [0.25, 0.3) is 0 Å². The van der Waals surface area contributed by atoms with E-state index in [0.29, 0.717) is 25.9 Å². The van der Waals surface area contributed by atoms with E-state index >= 15 is 0 Å². The topological polar surface area (TPSA) is 98.7 Å². The van der Waals surface area contributed by atoms with E-state index in [4.69, 9.17) is 5.11 Å². The van der Waals surface area contributed by atoms with Crippen LogP contribution < -0.4 is 10.6 Å². The highest BCUT2D eigenvalue weighted by Crippen LogP contribution is 2.16. The van der Waals surface area contributed by atoms with E-state index in [2.05, 4.69) is 10.6 Å². The third-order valence-electron chi connectivity index (χ3n) is 3.05. The molecule has 0 aromatic rings. The second-order valence-corrected chi connectivity index (χ2v) is 6.14. The molecule has 0 bridgehead atoms. The number of carbonyl (C=O) groups excluding carboxylic acids is 2. The lowest BCUT2D eigenvalue weighted by molar-refractivity contribution is -0.143. The van der Waals surface area contributed by atoms with Gasteiger partial charge in [0.2, 0.25) is 5.91 Å². The molecular weight excluding hydrogens is 262 g/mol. The van der Waals surface area contributed by atoms with Crippen LogP contribution in [0.25, 0.3) is 0 Å². The number of imide groups is 1. The molecule has 114 valence electrons. The molecule has 7 nitrogen and oxygen atoms in total. The van der Waals surface area contributed by atoms with E-state index in [1.165, 1.54) is 0 Å². The fraction of sp³-hybridized carbons (Fsp3) is 0.769. The highest BCUT2D eigenvalue weighted by molar-refractivity contribution is 5.95. The number of likely N-dealkylation sites (tertiary alicyclic amines) is 1. The number of urea groups is 1. The zero-order chi connectivity index (χ0) is 15.3. The van der Waals surface area contributed by atoms with Gasteiger partial charge in [-0.1, -0.05) is 0 Å². The monoisotopic (exact) mass is 285 g/mol. The molecule has 1 saturated heterocycles. The number of amides is 3. The minimum Gasteiger partial charge on any atom is -0.481 e. The standard InChI is InChI=1S/C13H23N3O4/c1-13(2,3)15-12(20)14-10(17)8-16-6-4-9(5-7-16)11(18)19/h9H,4-8H2,1-3H3,(H,18,19)(H2,14,15,17,20). The first-order valence-corrected chi connectivity index (χ1v) is 6.74. The summed E-state index contributed by atoms with van der Waals surface area (Å²) >= 11 is 0. The Kier molecular flexibility index (Phi) is 5.50. The van der Waals surface area contributed by atoms with Crippen molar-refractivity contribution >= 4 is 17.9 Å². The summed E-state index contributed by atoms with van der Waals surface area (Å²) in [4.78, 5) is 35.9. The first kappa shape index (κ1) is 16.4. The summed E-state index contributed by atoms with van der Waals surface area (Å²) in [6.07, 6.45) is 1.08. The van der Waals surface area contributed by atoms with Gasteiger partial charge in [-0.05, 0) is 46.7 Å². The van der Waals surface area contributed by atoms with Gasteiger partial charge in [-0.2, -0.15) is 0 Å². The molecule has 1 aliphatic rings. The summed E-state index contributed by atoms with van der Waals surface area (Å²) in [7, 11) is 0. The molecular formula is C13H23N3O4. The maximum Gasteiger partial charge on any atom is 0.321 e. The Bertz CT molecular complexity index is 382. The molecule has 0 spiro atoms. The molecule has 0 aromatic carbocycles. The van der Waals surface area contributed by atoms with Crippen molar-refractivity contribution < 1.29 is 19.5 Å². The van der Waals surface area contributed by atoms with Crippen molar-refractivity contribution in [3.63, 3.8) is 0 Å². The van der Waals surface area contributed by atoms with E-state index < -0.39 is 17.5 Å². The van der Waals surface area contributed by atoms with Crippen molar-refractivity contribution in [1.82, 2.24) is 15.5 Å². The Morgan fingerprint density at radius 2 is 1.75 bits per heavy atom. The molecule has 1 fully saturated rings. The minimum atomic E-state index is -0.779. The van der Waals surface area contributed by atoms with Crippen LogP contribution in [0.15, 0.2) is 0 Å². The molecule has 0 atom stereocenters. The van der Waals surface area contributed by atoms with Crippen LogP contribution in [0, 0.1) is 5.92 Å². The Hall–Kier alpha value is -1.63. The Morgan fingerprint density at radius 1 is 1.20 bits per heavy atom. The van der Waals surface area contributed by atoms with Gasteiger partial charge in [0, 0.05) is 5.54 Å². The van der Waals surface area contributed by atoms with Crippen LogP contribution in [-0.4, -0.2) is 53.1 Å². The average Bonchev–Trinajstić information content (AvgIpc) is 2.26. The van der Waals surface area contributed by atoms with Gasteiger partial charge in [0.1, 0.15) is 0 Å². The highest BCUT2D eigenvalue weighted by atomic mass is 16.4. The Labute approximate surface area is 118 Å². The zero-order valence-corrected chi connectivity index (χ0v) is 12.2. The number of carboxylic acid groups (broad SMARTS) is 1. The van der Waals surface area contributed by atoms with E-state index in [1.54, 1.807) is 0 Å². The second kappa shape index (κ2) is 6.69. The molecule has 0 unspecified atom stereocenters. The SMILES string of the molecule is CC(C)(C)NC(=O)NC(=O)CN1CCC(C(=O)O)CC1. The van der Waals surface area contributed by atoms with Crippen molar-refractivity contribution in [3.8, 4) is 0 Å². The fourth-order valence-corrected chi connectivity index (χ4v) is 2.08. The summed E-state index contributed by atoms with van der Waals surface area (Å²) in [6.45, 7) is 6.72. The smallest absolute Gasteiger partial charge is 0.321 e. The highest BCUT2D eigenvalue weighted by Gasteiger charge is 2.25. The van der Waals surface area contributed by atoms with Crippen molar-refractivity contribution in [3.05, 3.63) is 0 Å². The van der Waals surface area contributed by atoms with Crippen LogP contribution in [0.5, 0.6) is 0 Å². The molecule has 7 heteroatoms. The van der Waals surface area contributed by atoms with Gasteiger partial charge < -0.3 is 10.4 Å². The number of rotatable bonds is 3. The summed E-state index contributed by atoms with van der Waals surface area (Å²) in [5.41, 5.74) is -0.399. The number of piperidine rings is 1. The average molecular weight is 285 g/mol. The number of hydrogen-bond donors (Lipinski definition) is 3. The van der Waals surface area contributed by atoms with Crippen LogP contribution in [-0.2, 0) is 9.59 Å². The van der Waals surface area contributed by atoms with Crippen LogP contribution in [0.1, 0.15) is 33.6 Å². The van der Waals surface area contributed by atoms with Crippen molar-refractivity contribution in [2.24, 2.45) is 5.92 Å². The summed E-state index contributed by atoms with van der Waals surface area (Å²) in [5.74, 6) is -1.47. The van der Waals surface area contributed by atoms with Crippen LogP contribution in [0.4, 0.5) is 4.79 Å². The summed E-state index contributed by atoms with van der Waals surface area (Å²) in [6, 6.07) is -0.511. The lowest BCUT2D eigenvalue weighted by Crippen LogP contribution is -2.51. The molecule has 1 heterocycles. The molecule has 0 aliphatic carbocycles. The van der Waals surface area contributed by atoms with E-state index in [-0.39, 0.29) is 18.4 Å². The summed E-state index contributed by atoms with van der Waals surface area (Å²) < 4.78 is 0. The van der Waals surface area contributed by atoms with Gasteiger partial charge in [0.15, 0.2) is 0 Å². The predicted molar refractivity (Wildman–Crippen MR) is 73.2 cm³/mol. The van der Waals surface area contributed by atoms with Crippen LogP contribution >= 0.6 is 0 Å². The van der Waals surface area contributed by atoms with Crippen molar-refractivity contribution in [2.75, 3.05) is 19.6 Å². The van der Waals surface area contributed by atoms with Crippen LogP contribution in [0.3, 0.4) is 0 Å². The first-order valence-electron chi connectivity index (χ1n) is 6.74. The first-order chi connectivity index (χ1) is 9.17. The fourth-order valence-electron chi connectivity index (χ4n) is 2.08. The molecule has 3 amide bonds. The quantitative estimate of drug-likeness (QED) is 0.697. The summed E-state index contributed by atoms with van der Waals surface area (Å²) in [5, 5.41) is 13.8. The normalized spacial score (nSPS) is 17.6. The molecule has 1 rings (SSSR count). The number of nitrogens with one attached hydrogen (secondary N) is 2. The van der Waals surface area contributed by atoms with Gasteiger partial charge in [0.05, 0.1) is 12.5 Å². The number of carboxylic acids is 1. The number of aliphatic carboxylic acids is 1. The van der Waals surface area contributed by atoms with E-state index in [9.17, 15) is 14.4 Å². The van der Waals surface area contributed by atoms with Gasteiger partial charge in [-0.3, -0.25) is 19.8 Å². The zero-order valence-electron chi connectivity index (χ0n) is 12.2. The largest absolute Gasteiger partial charge is 0.481 e. The maximum absolute atomic E-state index is 11.7. The molecule has 3 N–H and O–H groups in total. The minimum absolute atomic E-state index is 0.115. The van der Waals surface area contributed by atoms with E-state index in [1.807, 2.05) is 25.7 Å². The maximum atomic E-state index is 11.7. The molecule has 0 radical (unpaired) electrons. The lowest BCUT2D eigenvalue weighted by Gasteiger charge is -2.29. The second-order valence-electron chi connectivity index (χ2n) is 6.14. The molecule has 20 heavy (non-hydrogen) atoms. The molecule has 1 aliphatic heterocycles. The predicted octanol–water partition coefficient (Wildman–Crippen LogP) is 0.407. The van der Waals surface area contributed by atoms with E-state index in [0.717, 1.165) is 0 Å².